The molecule has 0 fully saturated rings. The van der Waals surface area contributed by atoms with Gasteiger partial charge in [-0.25, -0.2) is 4.79 Å². The Morgan fingerprint density at radius 3 is 2.52 bits per heavy atom. The van der Waals surface area contributed by atoms with E-state index in [-0.39, 0.29) is 11.5 Å². The second-order valence-electron chi connectivity index (χ2n) is 7.97. The average molecular weight is 367 g/mol. The topological polar surface area (TPSA) is 58.6 Å². The van der Waals surface area contributed by atoms with Gasteiger partial charge in [-0.3, -0.25) is 0 Å². The minimum Gasteiger partial charge on any atom is -0.493 e. The second-order valence-corrected chi connectivity index (χ2v) is 7.97. The van der Waals surface area contributed by atoms with Crippen molar-refractivity contribution in [3.05, 3.63) is 53.1 Å². The highest BCUT2D eigenvalue weighted by Crippen LogP contribution is 2.48. The SMILES string of the molecule is CCCc1ccc(-c2cc3c(cc2OCC)[C@H](NC(=O)O)C(C)(C)C3)cc1. The molecule has 27 heavy (non-hydrogen) atoms. The molecule has 3 rings (SSSR count). The number of hydrogen-bond acceptors (Lipinski definition) is 2. The van der Waals surface area contributed by atoms with Crippen LogP contribution in [0.15, 0.2) is 36.4 Å². The van der Waals surface area contributed by atoms with Gasteiger partial charge in [-0.05, 0) is 59.6 Å². The van der Waals surface area contributed by atoms with Gasteiger partial charge in [0, 0.05) is 5.56 Å². The van der Waals surface area contributed by atoms with E-state index in [0.29, 0.717) is 6.61 Å². The van der Waals surface area contributed by atoms with Crippen molar-refractivity contribution in [1.29, 1.82) is 0 Å². The van der Waals surface area contributed by atoms with Gasteiger partial charge in [-0.2, -0.15) is 0 Å². The molecule has 0 heterocycles. The summed E-state index contributed by atoms with van der Waals surface area (Å²) in [4.78, 5) is 11.3. The lowest BCUT2D eigenvalue weighted by Gasteiger charge is -2.27. The Labute approximate surface area is 161 Å². The van der Waals surface area contributed by atoms with Gasteiger partial charge < -0.3 is 15.2 Å². The maximum atomic E-state index is 11.3. The molecule has 1 aliphatic rings. The number of fused-ring (bicyclic) bond motifs is 1. The fourth-order valence-corrected chi connectivity index (χ4v) is 4.11. The molecule has 0 saturated heterocycles. The highest BCUT2D eigenvalue weighted by atomic mass is 16.5. The third-order valence-electron chi connectivity index (χ3n) is 5.35. The summed E-state index contributed by atoms with van der Waals surface area (Å²) in [6, 6.07) is 12.7. The third kappa shape index (κ3) is 3.95. The Hall–Kier alpha value is -2.49. The van der Waals surface area contributed by atoms with Crippen molar-refractivity contribution in [3.8, 4) is 16.9 Å². The molecule has 2 aromatic rings. The monoisotopic (exact) mass is 367 g/mol. The molecule has 1 aliphatic carbocycles. The maximum absolute atomic E-state index is 11.3. The summed E-state index contributed by atoms with van der Waals surface area (Å²) in [6.45, 7) is 8.93. The lowest BCUT2D eigenvalue weighted by molar-refractivity contribution is 0.175. The Morgan fingerprint density at radius 1 is 1.22 bits per heavy atom. The summed E-state index contributed by atoms with van der Waals surface area (Å²) in [5.74, 6) is 0.814. The number of amides is 1. The lowest BCUT2D eigenvalue weighted by Crippen LogP contribution is -2.34. The van der Waals surface area contributed by atoms with E-state index in [2.05, 4.69) is 56.4 Å². The molecular weight excluding hydrogens is 338 g/mol. The van der Waals surface area contributed by atoms with E-state index in [1.807, 2.05) is 13.0 Å². The van der Waals surface area contributed by atoms with Crippen LogP contribution >= 0.6 is 0 Å². The molecule has 0 aliphatic heterocycles. The van der Waals surface area contributed by atoms with E-state index in [1.165, 1.54) is 11.1 Å². The number of hydrogen-bond donors (Lipinski definition) is 2. The van der Waals surface area contributed by atoms with Crippen LogP contribution in [0.25, 0.3) is 11.1 Å². The van der Waals surface area contributed by atoms with Gasteiger partial charge in [0.15, 0.2) is 0 Å². The van der Waals surface area contributed by atoms with Gasteiger partial charge in [0.25, 0.3) is 0 Å². The number of benzene rings is 2. The summed E-state index contributed by atoms with van der Waals surface area (Å²) < 4.78 is 5.94. The number of carboxylic acid groups (broad SMARTS) is 1. The molecule has 1 amide bonds. The van der Waals surface area contributed by atoms with Crippen LogP contribution < -0.4 is 10.1 Å². The maximum Gasteiger partial charge on any atom is 0.405 e. The van der Waals surface area contributed by atoms with Crippen LogP contribution in [0.3, 0.4) is 0 Å². The van der Waals surface area contributed by atoms with Crippen LogP contribution in [-0.4, -0.2) is 17.8 Å². The zero-order valence-corrected chi connectivity index (χ0v) is 16.6. The molecule has 2 N–H and O–H groups in total. The third-order valence-corrected chi connectivity index (χ3v) is 5.35. The predicted octanol–water partition coefficient (Wildman–Crippen LogP) is 5.60. The molecule has 4 nitrogen and oxygen atoms in total. The first-order chi connectivity index (χ1) is 12.9. The first-order valence-electron chi connectivity index (χ1n) is 9.74. The first kappa shape index (κ1) is 19.3. The van der Waals surface area contributed by atoms with Gasteiger partial charge in [0.1, 0.15) is 5.75 Å². The second kappa shape index (κ2) is 7.63. The Morgan fingerprint density at radius 2 is 1.93 bits per heavy atom. The van der Waals surface area contributed by atoms with Crippen LogP contribution in [0.4, 0.5) is 4.79 Å². The van der Waals surface area contributed by atoms with Crippen molar-refractivity contribution in [2.24, 2.45) is 5.41 Å². The summed E-state index contributed by atoms with van der Waals surface area (Å²) in [6.07, 6.45) is 2.06. The van der Waals surface area contributed by atoms with Gasteiger partial charge in [-0.1, -0.05) is 51.5 Å². The fourth-order valence-electron chi connectivity index (χ4n) is 4.11. The molecule has 0 bridgehead atoms. The van der Waals surface area contributed by atoms with E-state index < -0.39 is 6.09 Å². The van der Waals surface area contributed by atoms with Crippen LogP contribution in [0.5, 0.6) is 5.75 Å². The predicted molar refractivity (Wildman–Crippen MR) is 108 cm³/mol. The van der Waals surface area contributed by atoms with Crippen molar-refractivity contribution >= 4 is 6.09 Å². The Kier molecular flexibility index (Phi) is 5.45. The minimum atomic E-state index is -0.991. The molecule has 2 aromatic carbocycles. The van der Waals surface area contributed by atoms with Crippen molar-refractivity contribution in [3.63, 3.8) is 0 Å². The number of nitrogens with one attached hydrogen (secondary N) is 1. The molecule has 0 aromatic heterocycles. The van der Waals surface area contributed by atoms with Crippen molar-refractivity contribution in [1.82, 2.24) is 5.32 Å². The van der Waals surface area contributed by atoms with E-state index in [0.717, 1.165) is 41.7 Å². The summed E-state index contributed by atoms with van der Waals surface area (Å²) in [5, 5.41) is 12.0. The number of aryl methyl sites for hydroxylation is 1. The minimum absolute atomic E-state index is 0.173. The van der Waals surface area contributed by atoms with Crippen LogP contribution in [0.1, 0.15) is 56.8 Å². The van der Waals surface area contributed by atoms with E-state index in [4.69, 9.17) is 4.74 Å². The number of ether oxygens (including phenoxy) is 1. The zero-order chi connectivity index (χ0) is 19.6. The molecular formula is C23H29NO3. The normalized spacial score (nSPS) is 17.4. The van der Waals surface area contributed by atoms with Crippen LogP contribution in [-0.2, 0) is 12.8 Å². The standard InChI is InChI=1S/C23H29NO3/c1-5-7-15-8-10-16(11-9-15)18-12-17-14-23(3,4)21(24-22(25)26)19(17)13-20(18)27-6-2/h8-13,21,24H,5-7,14H2,1-4H3,(H,25,26)/t21-/m0/s1. The van der Waals surface area contributed by atoms with E-state index in [1.54, 1.807) is 0 Å². The van der Waals surface area contributed by atoms with Crippen LogP contribution in [0, 0.1) is 5.41 Å². The van der Waals surface area contributed by atoms with E-state index in [9.17, 15) is 9.90 Å². The Bertz CT molecular complexity index is 824. The first-order valence-corrected chi connectivity index (χ1v) is 9.74. The largest absolute Gasteiger partial charge is 0.493 e. The number of carbonyl (C=O) groups is 1. The number of rotatable bonds is 6. The summed E-state index contributed by atoms with van der Waals surface area (Å²) in [7, 11) is 0. The Balaban J connectivity index is 2.05. The molecule has 4 heteroatoms. The molecule has 1 atom stereocenters. The van der Waals surface area contributed by atoms with Crippen molar-refractivity contribution < 1.29 is 14.6 Å². The molecule has 144 valence electrons. The van der Waals surface area contributed by atoms with Crippen LogP contribution in [0.2, 0.25) is 0 Å². The molecule has 0 radical (unpaired) electrons. The molecule has 0 unspecified atom stereocenters. The van der Waals surface area contributed by atoms with Gasteiger partial charge in [0.05, 0.1) is 12.6 Å². The summed E-state index contributed by atoms with van der Waals surface area (Å²) in [5.41, 5.74) is 5.59. The average Bonchev–Trinajstić information content (AvgIpc) is 2.85. The molecule has 0 spiro atoms. The van der Waals surface area contributed by atoms with Gasteiger partial charge >= 0.3 is 6.09 Å². The highest BCUT2D eigenvalue weighted by molar-refractivity contribution is 5.74. The molecule has 0 saturated carbocycles. The lowest BCUT2D eigenvalue weighted by atomic mass is 9.85. The van der Waals surface area contributed by atoms with Crippen molar-refractivity contribution in [2.75, 3.05) is 6.61 Å². The summed E-state index contributed by atoms with van der Waals surface area (Å²) >= 11 is 0. The highest BCUT2D eigenvalue weighted by Gasteiger charge is 2.40. The van der Waals surface area contributed by atoms with Gasteiger partial charge in [0.2, 0.25) is 0 Å². The van der Waals surface area contributed by atoms with Gasteiger partial charge in [-0.15, -0.1) is 0 Å². The quantitative estimate of drug-likeness (QED) is 0.699. The van der Waals surface area contributed by atoms with E-state index >= 15 is 0 Å². The van der Waals surface area contributed by atoms with Crippen molar-refractivity contribution in [2.45, 2.75) is 53.0 Å². The smallest absolute Gasteiger partial charge is 0.405 e. The zero-order valence-electron chi connectivity index (χ0n) is 16.6. The fraction of sp³-hybridized carbons (Fsp3) is 0.435.